The first kappa shape index (κ1) is 56.1. The molecule has 0 bridgehead atoms. The van der Waals surface area contributed by atoms with E-state index in [4.69, 9.17) is 0 Å². The van der Waals surface area contributed by atoms with E-state index in [2.05, 4.69) is 0 Å². The Balaban J connectivity index is 2.02. The highest BCUT2D eigenvalue weighted by atomic mass is 32.2. The minimum Gasteiger partial charge on any atom is -0.345 e. The van der Waals surface area contributed by atoms with Crippen LogP contribution < -0.4 is 4.90 Å². The molecule has 0 atom stereocenters. The molecular weight excluding hydrogens is 1020 g/mol. The van der Waals surface area contributed by atoms with Crippen LogP contribution in [0.4, 0.5) is 11.4 Å². The molecule has 68 heavy (non-hydrogen) atoms. The normalized spacial score (nSPS) is 13.9. The molecule has 0 unspecified atom stereocenters. The van der Waals surface area contributed by atoms with Crippen molar-refractivity contribution in [2.45, 2.75) is 92.2 Å². The number of hydrogen-bond donors (Lipinski definition) is 6. The Bertz CT molecular complexity index is 3440. The van der Waals surface area contributed by atoms with Gasteiger partial charge >= 0.3 is 0 Å². The van der Waals surface area contributed by atoms with E-state index in [1.54, 1.807) is 24.8 Å². The van der Waals surface area contributed by atoms with Gasteiger partial charge in [0.05, 0.1) is 21.3 Å². The van der Waals surface area contributed by atoms with Gasteiger partial charge in [0, 0.05) is 65.7 Å². The van der Waals surface area contributed by atoms with E-state index in [-0.39, 0.29) is 76.6 Å². The van der Waals surface area contributed by atoms with Gasteiger partial charge in [0.2, 0.25) is 5.69 Å². The zero-order valence-corrected chi connectivity index (χ0v) is 41.9. The van der Waals surface area contributed by atoms with E-state index in [1.807, 2.05) is 0 Å². The molecular formula is C41H51N2O19S6+. The standard InChI is InChI=1S/C41H50N2O19S6/c1-27(42(19-7-5-6-12-28(2)44)38-17-15-34-36(29(38)3)23-32(65(51,52)53)25-40(34)67(57,58)59)11-8-13-31(14-9-21-63(45,46)47)43(20-10-22-64(48,49)50)39-18-16-35-37(30(39)4)24-33(66(54,55)56)26-41(35)68(60,61)62/h8,11,13,15-18,23-26H,5-7,9-10,12,14,19-22H2,1-4H3,(H5-,45,46,47,48,49,50,51,52,53,54,55,56,57,58,59,60,61,62)/p+1. The molecule has 0 amide bonds. The molecule has 0 aliphatic rings. The summed E-state index contributed by atoms with van der Waals surface area (Å²) in [6.45, 7) is 6.15. The summed E-state index contributed by atoms with van der Waals surface area (Å²) in [7, 11) is -29.2. The molecule has 6 N–H and O–H groups in total. The highest BCUT2D eigenvalue weighted by molar-refractivity contribution is 7.87. The predicted octanol–water partition coefficient (Wildman–Crippen LogP) is 5.74. The number of carbonyl (C=O) groups excluding carboxylic acids is 1. The highest BCUT2D eigenvalue weighted by Crippen LogP contribution is 2.37. The maximum absolute atomic E-state index is 12.4. The van der Waals surface area contributed by atoms with E-state index in [0.29, 0.717) is 54.8 Å². The van der Waals surface area contributed by atoms with Gasteiger partial charge in [0.1, 0.15) is 22.1 Å². The lowest BCUT2D eigenvalue weighted by molar-refractivity contribution is -0.441. The van der Waals surface area contributed by atoms with E-state index in [9.17, 15) is 82.6 Å². The number of aryl methyl sites for hydroxylation is 2. The molecule has 0 aromatic heterocycles. The maximum atomic E-state index is 12.4. The topological polar surface area (TPSA) is 350 Å². The fraction of sp³-hybridized carbons (Fsp3) is 0.366. The molecule has 0 spiro atoms. The largest absolute Gasteiger partial charge is 0.345 e. The second-order valence-electron chi connectivity index (χ2n) is 15.9. The average molecular weight is 1070 g/mol. The van der Waals surface area contributed by atoms with Crippen LogP contribution in [0.25, 0.3) is 21.5 Å². The zero-order chi connectivity index (χ0) is 51.4. The van der Waals surface area contributed by atoms with E-state index in [0.717, 1.165) is 12.1 Å². The second kappa shape index (κ2) is 21.6. The monoisotopic (exact) mass is 1070 g/mol. The minimum absolute atomic E-state index is 0.0158. The van der Waals surface area contributed by atoms with Gasteiger partial charge in [-0.1, -0.05) is 18.6 Å². The van der Waals surface area contributed by atoms with Crippen LogP contribution in [-0.2, 0) is 65.5 Å². The Labute approximate surface area is 395 Å². The van der Waals surface area contributed by atoms with Gasteiger partial charge < -0.3 is 9.69 Å². The Morgan fingerprint density at radius 1 is 0.574 bits per heavy atom. The third kappa shape index (κ3) is 15.2. The Morgan fingerprint density at radius 3 is 1.56 bits per heavy atom. The van der Waals surface area contributed by atoms with Crippen molar-refractivity contribution in [3.05, 3.63) is 83.6 Å². The summed E-state index contributed by atoms with van der Waals surface area (Å²) in [6.07, 6.45) is 5.93. The number of carbonyl (C=O) groups is 1. The van der Waals surface area contributed by atoms with Crippen molar-refractivity contribution in [1.82, 2.24) is 0 Å². The van der Waals surface area contributed by atoms with Crippen LogP contribution in [0.15, 0.2) is 92.0 Å². The first-order valence-electron chi connectivity index (χ1n) is 20.3. The summed E-state index contributed by atoms with van der Waals surface area (Å²) in [5, 5.41) is -0.285. The van der Waals surface area contributed by atoms with E-state index >= 15 is 0 Å². The van der Waals surface area contributed by atoms with E-state index < -0.39 is 91.8 Å². The summed E-state index contributed by atoms with van der Waals surface area (Å²) in [6, 6.07) is 8.63. The Morgan fingerprint density at radius 2 is 1.07 bits per heavy atom. The molecule has 0 saturated heterocycles. The lowest BCUT2D eigenvalue weighted by atomic mass is 10.0. The molecule has 0 aliphatic carbocycles. The number of ketones is 1. The van der Waals surface area contributed by atoms with Crippen LogP contribution in [-0.4, -0.2) is 118 Å². The average Bonchev–Trinajstić information content (AvgIpc) is 3.18. The molecule has 0 heterocycles. The van der Waals surface area contributed by atoms with Crippen molar-refractivity contribution in [1.29, 1.82) is 0 Å². The molecule has 21 nitrogen and oxygen atoms in total. The van der Waals surface area contributed by atoms with Crippen LogP contribution in [0.2, 0.25) is 0 Å². The summed E-state index contributed by atoms with van der Waals surface area (Å²) in [4.78, 5) is 10.1. The minimum atomic E-state index is -5.10. The number of benzene rings is 4. The molecule has 0 radical (unpaired) electrons. The third-order valence-electron chi connectivity index (χ3n) is 10.8. The Hall–Kier alpha value is -4.52. The van der Waals surface area contributed by atoms with Crippen LogP contribution >= 0.6 is 0 Å². The van der Waals surface area contributed by atoms with Gasteiger partial charge in [-0.3, -0.25) is 27.3 Å². The SMILES string of the molecule is CC(=O)CCCCCN(/C(C)=C/C=C/C(CCCS(=O)(=O)O)=[N+](\CCCS(=O)(=O)O)c1ccc2c(S(=O)(=O)O)cc(S(=O)(=O)O)cc2c1C)c1ccc2c(S(=O)(=O)O)cc(S(=O)(=O)O)cc2c1C. The number of anilines is 1. The molecule has 4 aromatic rings. The lowest BCUT2D eigenvalue weighted by Gasteiger charge is -2.28. The lowest BCUT2D eigenvalue weighted by Crippen LogP contribution is -2.23. The Kier molecular flexibility index (Phi) is 17.8. The first-order valence-corrected chi connectivity index (χ1v) is 29.3. The summed E-state index contributed by atoms with van der Waals surface area (Å²) >= 11 is 0. The fourth-order valence-corrected chi connectivity index (χ4v) is 11.3. The van der Waals surface area contributed by atoms with Gasteiger partial charge in [0.15, 0.2) is 5.71 Å². The van der Waals surface area contributed by atoms with Crippen molar-refractivity contribution >= 4 is 105 Å². The van der Waals surface area contributed by atoms with Gasteiger partial charge in [-0.15, -0.1) is 0 Å². The molecule has 0 saturated carbocycles. The molecule has 0 fully saturated rings. The molecule has 4 aromatic carbocycles. The first-order chi connectivity index (χ1) is 31.1. The number of allylic oxidation sites excluding steroid dienone is 4. The quantitative estimate of drug-likeness (QED) is 0.0169. The van der Waals surface area contributed by atoms with Crippen molar-refractivity contribution in [2.75, 3.05) is 29.5 Å². The van der Waals surface area contributed by atoms with Gasteiger partial charge in [-0.2, -0.15) is 55.1 Å². The summed E-state index contributed by atoms with van der Waals surface area (Å²) < 4.78 is 206. The second-order valence-corrected chi connectivity index (χ2v) is 24.6. The van der Waals surface area contributed by atoms with Crippen LogP contribution in [0.1, 0.15) is 69.9 Å². The third-order valence-corrected chi connectivity index (χ3v) is 15.8. The number of Topliss-reactive ketones (excluding diaryl/α,β-unsaturated/α-hetero) is 1. The number of hydrogen-bond acceptors (Lipinski definition) is 14. The van der Waals surface area contributed by atoms with Crippen molar-refractivity contribution in [3.8, 4) is 0 Å². The number of unbranched alkanes of at least 4 members (excludes halogenated alkanes) is 2. The van der Waals surface area contributed by atoms with Crippen LogP contribution in [0.5, 0.6) is 0 Å². The van der Waals surface area contributed by atoms with Gasteiger partial charge in [0.25, 0.3) is 60.7 Å². The number of rotatable bonds is 23. The highest BCUT2D eigenvalue weighted by Gasteiger charge is 2.27. The van der Waals surface area contributed by atoms with Crippen molar-refractivity contribution in [2.24, 2.45) is 0 Å². The van der Waals surface area contributed by atoms with Gasteiger partial charge in [-0.25, -0.2) is 0 Å². The molecule has 27 heteroatoms. The van der Waals surface area contributed by atoms with Crippen molar-refractivity contribution < 1.29 is 87.2 Å². The fourth-order valence-electron chi connectivity index (χ4n) is 7.59. The van der Waals surface area contributed by atoms with Crippen LogP contribution in [0, 0.1) is 13.8 Å². The predicted molar refractivity (Wildman–Crippen MR) is 252 cm³/mol. The number of fused-ring (bicyclic) bond motifs is 2. The van der Waals surface area contributed by atoms with Crippen LogP contribution in [0.3, 0.4) is 0 Å². The number of nitrogens with zero attached hydrogens (tertiary/aromatic N) is 2. The zero-order valence-electron chi connectivity index (χ0n) is 37.0. The van der Waals surface area contributed by atoms with Gasteiger partial charge in [-0.05, 0) is 106 Å². The summed E-state index contributed by atoms with van der Waals surface area (Å²) in [5.74, 6) is -1.51. The van der Waals surface area contributed by atoms with Crippen molar-refractivity contribution in [3.63, 3.8) is 0 Å². The van der Waals surface area contributed by atoms with E-state index in [1.165, 1.54) is 54.8 Å². The smallest absolute Gasteiger partial charge is 0.295 e. The molecule has 0 aliphatic heterocycles. The maximum Gasteiger partial charge on any atom is 0.295 e. The molecule has 374 valence electrons. The summed E-state index contributed by atoms with van der Waals surface area (Å²) in [5.41, 5.74) is 1.77. The molecule has 4 rings (SSSR count).